The number of rotatable bonds is 12. The van der Waals surface area contributed by atoms with Gasteiger partial charge in [-0.3, -0.25) is 9.36 Å². The normalized spacial score (nSPS) is 14.5. The second-order valence-corrected chi connectivity index (χ2v) is 13.3. The van der Waals surface area contributed by atoms with E-state index in [-0.39, 0.29) is 24.9 Å². The van der Waals surface area contributed by atoms with Crippen molar-refractivity contribution in [1.29, 1.82) is 0 Å². The molecule has 0 unspecified atom stereocenters. The van der Waals surface area contributed by atoms with E-state index in [9.17, 15) is 9.59 Å². The highest BCUT2D eigenvalue weighted by atomic mass is 35.5. The Morgan fingerprint density at radius 1 is 1.04 bits per heavy atom. The van der Waals surface area contributed by atoms with Gasteiger partial charge in [0.2, 0.25) is 0 Å². The number of esters is 1. The first-order chi connectivity index (χ1) is 23.1. The zero-order valence-electron chi connectivity index (χ0n) is 27.9. The molecule has 11 heteroatoms. The summed E-state index contributed by atoms with van der Waals surface area (Å²) in [6.45, 7) is 13.6. The minimum absolute atomic E-state index is 0.126. The molecule has 1 atom stereocenters. The Morgan fingerprint density at radius 2 is 1.79 bits per heavy atom. The molecule has 0 saturated carbocycles. The van der Waals surface area contributed by atoms with E-state index in [2.05, 4.69) is 18.7 Å². The average Bonchev–Trinajstić information content (AvgIpc) is 3.35. The molecule has 0 spiro atoms. The number of fused-ring (bicyclic) bond motifs is 1. The van der Waals surface area contributed by atoms with Gasteiger partial charge in [0, 0.05) is 51.6 Å². The third-order valence-electron chi connectivity index (χ3n) is 7.90. The fourth-order valence-electron chi connectivity index (χ4n) is 5.64. The van der Waals surface area contributed by atoms with E-state index in [0.29, 0.717) is 53.3 Å². The van der Waals surface area contributed by atoms with E-state index in [4.69, 9.17) is 42.4 Å². The number of aromatic nitrogens is 1. The largest absolute Gasteiger partial charge is 0.491 e. The van der Waals surface area contributed by atoms with E-state index >= 15 is 0 Å². The number of thiazole rings is 1. The summed E-state index contributed by atoms with van der Waals surface area (Å²) in [6, 6.07) is 17.9. The molecule has 0 saturated heterocycles. The lowest BCUT2D eigenvalue weighted by atomic mass is 9.95. The van der Waals surface area contributed by atoms with Gasteiger partial charge in [0.05, 0.1) is 28.5 Å². The number of halogens is 2. The van der Waals surface area contributed by atoms with Gasteiger partial charge in [-0.2, -0.15) is 0 Å². The molecule has 1 aromatic heterocycles. The molecular weight excluding hydrogens is 669 g/mol. The van der Waals surface area contributed by atoms with Gasteiger partial charge in [-0.05, 0) is 78.0 Å². The average molecular weight is 709 g/mol. The highest BCUT2D eigenvalue weighted by molar-refractivity contribution is 7.07. The van der Waals surface area contributed by atoms with Gasteiger partial charge < -0.3 is 19.1 Å². The molecule has 1 aliphatic rings. The Bertz CT molecular complexity index is 2030. The lowest BCUT2D eigenvalue weighted by molar-refractivity contribution is -0.139. The number of allylic oxidation sites excluding steroid dienone is 1. The maximum absolute atomic E-state index is 14.4. The molecule has 0 N–H and O–H groups in total. The number of hydrogen-bond acceptors (Lipinski definition) is 8. The van der Waals surface area contributed by atoms with Crippen molar-refractivity contribution in [2.24, 2.45) is 4.99 Å². The lowest BCUT2D eigenvalue weighted by Crippen LogP contribution is -2.40. The minimum Gasteiger partial charge on any atom is -0.491 e. The van der Waals surface area contributed by atoms with Gasteiger partial charge in [-0.25, -0.2) is 9.79 Å². The fourth-order valence-corrected chi connectivity index (χ4v) is 7.14. The fraction of sp³-hybridized carbons (Fsp3) is 0.324. The van der Waals surface area contributed by atoms with Gasteiger partial charge in [0.1, 0.15) is 24.1 Å². The first-order valence-corrected chi connectivity index (χ1v) is 17.5. The summed E-state index contributed by atoms with van der Waals surface area (Å²) >= 11 is 13.8. The van der Waals surface area contributed by atoms with Gasteiger partial charge >= 0.3 is 5.97 Å². The zero-order chi connectivity index (χ0) is 34.5. The molecule has 4 aromatic rings. The van der Waals surface area contributed by atoms with Crippen LogP contribution in [0.4, 0.5) is 5.69 Å². The molecule has 0 aliphatic carbocycles. The first kappa shape index (κ1) is 35.3. The van der Waals surface area contributed by atoms with Crippen molar-refractivity contribution in [3.05, 3.63) is 118 Å². The number of para-hydroxylation sites is 1. The van der Waals surface area contributed by atoms with Crippen LogP contribution in [0.5, 0.6) is 11.5 Å². The van der Waals surface area contributed by atoms with Gasteiger partial charge in [0.15, 0.2) is 4.80 Å². The van der Waals surface area contributed by atoms with E-state index in [0.717, 1.165) is 24.3 Å². The highest BCUT2D eigenvalue weighted by Crippen LogP contribution is 2.36. The van der Waals surface area contributed by atoms with Crippen LogP contribution in [0.2, 0.25) is 10.0 Å². The first-order valence-electron chi connectivity index (χ1n) is 16.0. The van der Waals surface area contributed by atoms with Crippen molar-refractivity contribution in [1.82, 2.24) is 4.57 Å². The van der Waals surface area contributed by atoms with Crippen LogP contribution < -0.4 is 29.3 Å². The molecular formula is C37H39Cl2N3O5S. The van der Waals surface area contributed by atoms with Crippen LogP contribution in [-0.2, 0) is 16.1 Å². The summed E-state index contributed by atoms with van der Waals surface area (Å²) in [4.78, 5) is 35.2. The Balaban J connectivity index is 1.67. The molecule has 1 aliphatic heterocycles. The topological polar surface area (TPSA) is 82.4 Å². The van der Waals surface area contributed by atoms with Crippen LogP contribution in [0.1, 0.15) is 64.3 Å². The number of anilines is 1. The molecule has 0 bridgehead atoms. The maximum atomic E-state index is 14.4. The van der Waals surface area contributed by atoms with Gasteiger partial charge in [-0.1, -0.05) is 58.8 Å². The predicted octanol–water partition coefficient (Wildman–Crippen LogP) is 7.32. The SMILES string of the molecule is CCOC(=O)C1=C(C)N=c2s/c(=C\c3ccc(N(CC)CC)cc3OCc3ccc(Cl)cc3Cl)c(=O)n2[C@H]1c1ccccc1OC(C)C. The summed E-state index contributed by atoms with van der Waals surface area (Å²) in [5.74, 6) is 0.639. The minimum atomic E-state index is -0.801. The van der Waals surface area contributed by atoms with Crippen molar-refractivity contribution < 1.29 is 19.0 Å². The molecule has 0 amide bonds. The van der Waals surface area contributed by atoms with Crippen molar-refractivity contribution in [2.75, 3.05) is 24.6 Å². The quantitative estimate of drug-likeness (QED) is 0.144. The van der Waals surface area contributed by atoms with Crippen molar-refractivity contribution in [2.45, 2.75) is 60.3 Å². The van der Waals surface area contributed by atoms with Gasteiger partial charge in [-0.15, -0.1) is 0 Å². The second kappa shape index (κ2) is 15.4. The van der Waals surface area contributed by atoms with Crippen LogP contribution in [0.3, 0.4) is 0 Å². The smallest absolute Gasteiger partial charge is 0.338 e. The number of carbonyl (C=O) groups is 1. The standard InChI is InChI=1S/C37H39Cl2N3O5S/c1-7-41(8-2)27-17-15-24(31(20-27)46-21-25-14-16-26(38)19-29(25)39)18-32-35(43)42-34(28-12-10-11-13-30(28)47-22(4)5)33(36(44)45-9-3)23(6)40-37(42)48-32/h10-20,22,34H,7-9,21H2,1-6H3/b32-18-/t34-/m0/s1. The summed E-state index contributed by atoms with van der Waals surface area (Å²) < 4.78 is 20.0. The molecule has 8 nitrogen and oxygen atoms in total. The van der Waals surface area contributed by atoms with E-state index in [1.807, 2.05) is 68.5 Å². The maximum Gasteiger partial charge on any atom is 0.338 e. The molecule has 2 heterocycles. The third kappa shape index (κ3) is 7.48. The molecule has 3 aromatic carbocycles. The molecule has 5 rings (SSSR count). The van der Waals surface area contributed by atoms with Crippen molar-refractivity contribution in [3.63, 3.8) is 0 Å². The third-order valence-corrected chi connectivity index (χ3v) is 9.47. The van der Waals surface area contributed by atoms with Crippen LogP contribution >= 0.6 is 34.5 Å². The molecule has 252 valence electrons. The summed E-state index contributed by atoms with van der Waals surface area (Å²) in [5.41, 5.74) is 3.64. The van der Waals surface area contributed by atoms with Crippen LogP contribution in [-0.4, -0.2) is 36.3 Å². The predicted molar refractivity (Wildman–Crippen MR) is 193 cm³/mol. The molecule has 48 heavy (non-hydrogen) atoms. The Labute approximate surface area is 294 Å². The molecule has 0 fully saturated rings. The van der Waals surface area contributed by atoms with Crippen LogP contribution in [0.15, 0.2) is 81.7 Å². The number of nitrogens with zero attached hydrogens (tertiary/aromatic N) is 3. The van der Waals surface area contributed by atoms with Crippen molar-refractivity contribution in [3.8, 4) is 11.5 Å². The van der Waals surface area contributed by atoms with Crippen molar-refractivity contribution >= 4 is 52.3 Å². The monoisotopic (exact) mass is 707 g/mol. The van der Waals surface area contributed by atoms with E-state index in [1.54, 1.807) is 30.5 Å². The number of ether oxygens (including phenoxy) is 3. The summed E-state index contributed by atoms with van der Waals surface area (Å²) in [5, 5.41) is 1.05. The zero-order valence-corrected chi connectivity index (χ0v) is 30.2. The lowest BCUT2D eigenvalue weighted by Gasteiger charge is -2.26. The molecule has 0 radical (unpaired) electrons. The Hall–Kier alpha value is -4.05. The van der Waals surface area contributed by atoms with E-state index in [1.165, 1.54) is 11.3 Å². The number of hydrogen-bond donors (Lipinski definition) is 0. The second-order valence-electron chi connectivity index (χ2n) is 11.4. The summed E-state index contributed by atoms with van der Waals surface area (Å²) in [7, 11) is 0. The number of carbonyl (C=O) groups excluding carboxylic acids is 1. The van der Waals surface area contributed by atoms with Crippen LogP contribution in [0.25, 0.3) is 6.08 Å². The Morgan fingerprint density at radius 3 is 2.48 bits per heavy atom. The Kier molecular flexibility index (Phi) is 11.3. The highest BCUT2D eigenvalue weighted by Gasteiger charge is 2.35. The summed E-state index contributed by atoms with van der Waals surface area (Å²) in [6.07, 6.45) is 1.68. The number of benzene rings is 3. The van der Waals surface area contributed by atoms with Crippen LogP contribution in [0, 0.1) is 0 Å². The van der Waals surface area contributed by atoms with E-state index < -0.39 is 12.0 Å². The van der Waals surface area contributed by atoms with Gasteiger partial charge in [0.25, 0.3) is 5.56 Å².